The van der Waals surface area contributed by atoms with Crippen molar-refractivity contribution in [1.29, 1.82) is 0 Å². The number of aromatic nitrogens is 1. The minimum Gasteiger partial charge on any atom is -0.494 e. The summed E-state index contributed by atoms with van der Waals surface area (Å²) in [5, 5.41) is 3.96. The van der Waals surface area contributed by atoms with E-state index in [-0.39, 0.29) is 11.9 Å². The van der Waals surface area contributed by atoms with Crippen molar-refractivity contribution in [3.05, 3.63) is 96.1 Å². The zero-order valence-corrected chi connectivity index (χ0v) is 17.1. The summed E-state index contributed by atoms with van der Waals surface area (Å²) in [6, 6.07) is 27.2. The highest BCUT2D eigenvalue weighted by Gasteiger charge is 2.16. The molecule has 0 aliphatic rings. The SMILES string of the molecule is CCOc1ccc(-c2cc(C(=O)N[C@H](C)c3ccccc3)c3ccccc3n2)cc1. The lowest BCUT2D eigenvalue weighted by Gasteiger charge is -2.16. The van der Waals surface area contributed by atoms with Crippen LogP contribution in [0.15, 0.2) is 84.9 Å². The molecule has 1 aromatic heterocycles. The second-order valence-corrected chi connectivity index (χ2v) is 7.14. The summed E-state index contributed by atoms with van der Waals surface area (Å²) in [7, 11) is 0. The molecule has 0 aliphatic heterocycles. The Morgan fingerprint density at radius 1 is 0.967 bits per heavy atom. The molecule has 4 heteroatoms. The molecule has 0 aliphatic carbocycles. The highest BCUT2D eigenvalue weighted by Crippen LogP contribution is 2.27. The minimum atomic E-state index is -0.114. The number of carbonyl (C=O) groups is 1. The van der Waals surface area contributed by atoms with Gasteiger partial charge >= 0.3 is 0 Å². The van der Waals surface area contributed by atoms with E-state index in [2.05, 4.69) is 5.32 Å². The van der Waals surface area contributed by atoms with Crippen molar-refractivity contribution in [2.75, 3.05) is 6.61 Å². The van der Waals surface area contributed by atoms with Crippen LogP contribution in [0.1, 0.15) is 35.8 Å². The Balaban J connectivity index is 1.70. The first-order chi connectivity index (χ1) is 14.7. The molecule has 0 bridgehead atoms. The Kier molecular flexibility index (Phi) is 5.75. The fourth-order valence-corrected chi connectivity index (χ4v) is 3.50. The summed E-state index contributed by atoms with van der Waals surface area (Å²) >= 11 is 0. The van der Waals surface area contributed by atoms with Gasteiger partial charge in [0.05, 0.1) is 29.4 Å². The highest BCUT2D eigenvalue weighted by molar-refractivity contribution is 6.07. The molecule has 1 heterocycles. The van der Waals surface area contributed by atoms with Crippen molar-refractivity contribution >= 4 is 16.8 Å². The third-order valence-electron chi connectivity index (χ3n) is 5.07. The number of hydrogen-bond acceptors (Lipinski definition) is 3. The number of pyridine rings is 1. The number of nitrogens with one attached hydrogen (secondary N) is 1. The van der Waals surface area contributed by atoms with Gasteiger partial charge in [0.15, 0.2) is 0 Å². The van der Waals surface area contributed by atoms with Crippen LogP contribution in [0.2, 0.25) is 0 Å². The van der Waals surface area contributed by atoms with Crippen molar-refractivity contribution in [2.45, 2.75) is 19.9 Å². The molecule has 1 amide bonds. The Bertz CT molecular complexity index is 1150. The molecule has 4 aromatic rings. The van der Waals surface area contributed by atoms with Crippen LogP contribution in [-0.2, 0) is 0 Å². The van der Waals surface area contributed by atoms with Crippen molar-refractivity contribution in [2.24, 2.45) is 0 Å². The number of rotatable bonds is 6. The summed E-state index contributed by atoms with van der Waals surface area (Å²) in [5.74, 6) is 0.703. The molecule has 0 fully saturated rings. The van der Waals surface area contributed by atoms with Gasteiger partial charge in [-0.2, -0.15) is 0 Å². The summed E-state index contributed by atoms with van der Waals surface area (Å²) < 4.78 is 5.53. The standard InChI is InChI=1S/C26H24N2O2/c1-3-30-21-15-13-20(14-16-21)25-17-23(22-11-7-8-12-24(22)28-25)26(29)27-18(2)19-9-5-4-6-10-19/h4-18H,3H2,1-2H3,(H,27,29)/t18-/m1/s1. The quantitative estimate of drug-likeness (QED) is 0.449. The van der Waals surface area contributed by atoms with Crippen LogP contribution in [0, 0.1) is 0 Å². The second kappa shape index (κ2) is 8.78. The predicted molar refractivity (Wildman–Crippen MR) is 121 cm³/mol. The Morgan fingerprint density at radius 3 is 2.40 bits per heavy atom. The molecule has 0 saturated carbocycles. The van der Waals surface area contributed by atoms with Gasteiger partial charge < -0.3 is 10.1 Å². The molecule has 0 radical (unpaired) electrons. The molecule has 1 N–H and O–H groups in total. The summed E-state index contributed by atoms with van der Waals surface area (Å²) in [5.41, 5.74) is 4.17. The monoisotopic (exact) mass is 396 g/mol. The van der Waals surface area contributed by atoms with Crippen molar-refractivity contribution in [3.63, 3.8) is 0 Å². The fraction of sp³-hybridized carbons (Fsp3) is 0.154. The summed E-state index contributed by atoms with van der Waals surface area (Å²) in [6.45, 7) is 4.57. The van der Waals surface area contributed by atoms with E-state index in [0.29, 0.717) is 12.2 Å². The number of amides is 1. The first-order valence-corrected chi connectivity index (χ1v) is 10.1. The van der Waals surface area contributed by atoms with E-state index in [4.69, 9.17) is 9.72 Å². The van der Waals surface area contributed by atoms with Crippen LogP contribution in [0.4, 0.5) is 0 Å². The van der Waals surface area contributed by atoms with Crippen molar-refractivity contribution in [1.82, 2.24) is 10.3 Å². The number of hydrogen-bond donors (Lipinski definition) is 1. The Hall–Kier alpha value is -3.66. The summed E-state index contributed by atoms with van der Waals surface area (Å²) in [6.07, 6.45) is 0. The van der Waals surface area contributed by atoms with Crippen LogP contribution in [0.5, 0.6) is 5.75 Å². The second-order valence-electron chi connectivity index (χ2n) is 7.14. The molecule has 4 rings (SSSR count). The van der Waals surface area contributed by atoms with E-state index in [1.165, 1.54) is 0 Å². The zero-order chi connectivity index (χ0) is 20.9. The van der Waals surface area contributed by atoms with E-state index < -0.39 is 0 Å². The van der Waals surface area contributed by atoms with Crippen LogP contribution >= 0.6 is 0 Å². The van der Waals surface area contributed by atoms with Gasteiger partial charge in [0.1, 0.15) is 5.75 Å². The van der Waals surface area contributed by atoms with Gasteiger partial charge in [-0.15, -0.1) is 0 Å². The van der Waals surface area contributed by atoms with E-state index in [9.17, 15) is 4.79 Å². The third kappa shape index (κ3) is 4.18. The lowest BCUT2D eigenvalue weighted by atomic mass is 10.0. The van der Waals surface area contributed by atoms with Gasteiger partial charge in [0, 0.05) is 10.9 Å². The Morgan fingerprint density at radius 2 is 1.67 bits per heavy atom. The Labute approximate surface area is 176 Å². The van der Waals surface area contributed by atoms with Crippen LogP contribution in [0.3, 0.4) is 0 Å². The largest absolute Gasteiger partial charge is 0.494 e. The maximum Gasteiger partial charge on any atom is 0.252 e. The third-order valence-corrected chi connectivity index (χ3v) is 5.07. The molecular weight excluding hydrogens is 372 g/mol. The van der Waals surface area contributed by atoms with Gasteiger partial charge in [-0.05, 0) is 55.8 Å². The normalized spacial score (nSPS) is 11.8. The van der Waals surface area contributed by atoms with Crippen molar-refractivity contribution in [3.8, 4) is 17.0 Å². The van der Waals surface area contributed by atoms with Gasteiger partial charge in [0.25, 0.3) is 5.91 Å². The topological polar surface area (TPSA) is 51.2 Å². The van der Waals surface area contributed by atoms with E-state index in [0.717, 1.165) is 33.5 Å². The number of fused-ring (bicyclic) bond motifs is 1. The van der Waals surface area contributed by atoms with Gasteiger partial charge in [0.2, 0.25) is 0 Å². The number of benzene rings is 3. The molecule has 30 heavy (non-hydrogen) atoms. The number of nitrogens with zero attached hydrogens (tertiary/aromatic N) is 1. The molecule has 0 spiro atoms. The summed E-state index contributed by atoms with van der Waals surface area (Å²) in [4.78, 5) is 18.0. The predicted octanol–water partition coefficient (Wildman–Crippen LogP) is 5.79. The molecule has 1 atom stereocenters. The molecule has 3 aromatic carbocycles. The van der Waals surface area contributed by atoms with Crippen LogP contribution in [0.25, 0.3) is 22.2 Å². The van der Waals surface area contributed by atoms with Crippen molar-refractivity contribution < 1.29 is 9.53 Å². The smallest absolute Gasteiger partial charge is 0.252 e. The first-order valence-electron chi connectivity index (χ1n) is 10.1. The minimum absolute atomic E-state index is 0.0976. The molecule has 0 saturated heterocycles. The molecule has 150 valence electrons. The maximum atomic E-state index is 13.2. The molecular formula is C26H24N2O2. The maximum absolute atomic E-state index is 13.2. The average molecular weight is 396 g/mol. The van der Waals surface area contributed by atoms with Gasteiger partial charge in [-0.25, -0.2) is 4.98 Å². The zero-order valence-electron chi connectivity index (χ0n) is 17.1. The van der Waals surface area contributed by atoms with Gasteiger partial charge in [-0.1, -0.05) is 48.5 Å². The van der Waals surface area contributed by atoms with Crippen LogP contribution < -0.4 is 10.1 Å². The first kappa shape index (κ1) is 19.6. The number of para-hydroxylation sites is 1. The fourth-order valence-electron chi connectivity index (χ4n) is 3.50. The number of carbonyl (C=O) groups excluding carboxylic acids is 1. The average Bonchev–Trinajstić information content (AvgIpc) is 2.79. The van der Waals surface area contributed by atoms with E-state index >= 15 is 0 Å². The molecule has 4 nitrogen and oxygen atoms in total. The van der Waals surface area contributed by atoms with E-state index in [1.807, 2.05) is 98.8 Å². The number of ether oxygens (including phenoxy) is 1. The van der Waals surface area contributed by atoms with Crippen LogP contribution in [-0.4, -0.2) is 17.5 Å². The van der Waals surface area contributed by atoms with Gasteiger partial charge in [-0.3, -0.25) is 4.79 Å². The molecule has 0 unspecified atom stereocenters. The van der Waals surface area contributed by atoms with E-state index in [1.54, 1.807) is 0 Å². The lowest BCUT2D eigenvalue weighted by Crippen LogP contribution is -2.27. The lowest BCUT2D eigenvalue weighted by molar-refractivity contribution is 0.0941. The highest BCUT2D eigenvalue weighted by atomic mass is 16.5.